The lowest BCUT2D eigenvalue weighted by Gasteiger charge is -2.36. The number of nitrogens with zero attached hydrogens (tertiary/aromatic N) is 1. The van der Waals surface area contributed by atoms with Crippen molar-refractivity contribution in [2.24, 2.45) is 11.7 Å². The monoisotopic (exact) mass is 274 g/mol. The molecule has 2 atom stereocenters. The minimum atomic E-state index is 0.517. The van der Waals surface area contributed by atoms with Gasteiger partial charge in [0.2, 0.25) is 0 Å². The third kappa shape index (κ3) is 3.24. The van der Waals surface area contributed by atoms with Gasteiger partial charge in [-0.05, 0) is 75.4 Å². The Bertz CT molecular complexity index is 407. The van der Waals surface area contributed by atoms with Crippen molar-refractivity contribution >= 4 is 0 Å². The van der Waals surface area contributed by atoms with Crippen LogP contribution >= 0.6 is 0 Å². The fourth-order valence-corrected chi connectivity index (χ4v) is 3.81. The second kappa shape index (κ2) is 7.24. The molecule has 0 bridgehead atoms. The lowest BCUT2D eigenvalue weighted by atomic mass is 9.84. The first kappa shape index (κ1) is 15.5. The molecule has 1 aromatic rings. The fourth-order valence-electron chi connectivity index (χ4n) is 3.81. The van der Waals surface area contributed by atoms with Crippen LogP contribution in [0.2, 0.25) is 0 Å². The fraction of sp³-hybridized carbons (Fsp3) is 0.667. The van der Waals surface area contributed by atoms with Gasteiger partial charge in [0.15, 0.2) is 0 Å². The highest BCUT2D eigenvalue weighted by molar-refractivity contribution is 5.37. The summed E-state index contributed by atoms with van der Waals surface area (Å²) in [6.07, 6.45) is 5.13. The molecule has 0 spiro atoms. The molecule has 0 aliphatic carbocycles. The molecule has 0 saturated carbocycles. The maximum absolute atomic E-state index is 6.13. The number of nitrogens with two attached hydrogens (primary N) is 1. The van der Waals surface area contributed by atoms with Gasteiger partial charge in [0.25, 0.3) is 0 Å². The van der Waals surface area contributed by atoms with Gasteiger partial charge in [-0.25, -0.2) is 0 Å². The molecule has 1 fully saturated rings. The largest absolute Gasteiger partial charge is 0.330 e. The van der Waals surface area contributed by atoms with Gasteiger partial charge in [-0.15, -0.1) is 0 Å². The highest BCUT2D eigenvalue weighted by Gasteiger charge is 2.31. The van der Waals surface area contributed by atoms with Gasteiger partial charge in [0.1, 0.15) is 0 Å². The van der Waals surface area contributed by atoms with Gasteiger partial charge >= 0.3 is 0 Å². The normalized spacial score (nSPS) is 24.6. The number of benzene rings is 1. The number of rotatable bonds is 4. The van der Waals surface area contributed by atoms with Crippen molar-refractivity contribution in [1.82, 2.24) is 4.90 Å². The Morgan fingerprint density at radius 1 is 1.20 bits per heavy atom. The van der Waals surface area contributed by atoms with E-state index in [2.05, 4.69) is 43.9 Å². The second-order valence-corrected chi connectivity index (χ2v) is 6.28. The van der Waals surface area contributed by atoms with E-state index in [1.165, 1.54) is 49.9 Å². The molecule has 2 rings (SSSR count). The van der Waals surface area contributed by atoms with E-state index in [0.29, 0.717) is 12.0 Å². The minimum absolute atomic E-state index is 0.517. The summed E-state index contributed by atoms with van der Waals surface area (Å²) in [6.45, 7) is 10.0. The van der Waals surface area contributed by atoms with Crippen LogP contribution < -0.4 is 5.73 Å². The summed E-state index contributed by atoms with van der Waals surface area (Å²) in [6, 6.07) is 7.20. The van der Waals surface area contributed by atoms with Crippen molar-refractivity contribution in [2.45, 2.75) is 52.5 Å². The maximum atomic E-state index is 6.13. The van der Waals surface area contributed by atoms with E-state index in [4.69, 9.17) is 5.73 Å². The Morgan fingerprint density at radius 3 is 2.50 bits per heavy atom. The summed E-state index contributed by atoms with van der Waals surface area (Å²) >= 11 is 0. The number of aryl methyl sites for hydroxylation is 2. The molecular formula is C18H30N2. The SMILES string of the molecule is CCCN1CCCCC(CN)C1c1c(C)cccc1C. The number of hydrogen-bond donors (Lipinski definition) is 1. The van der Waals surface area contributed by atoms with Crippen LogP contribution in [0, 0.1) is 19.8 Å². The van der Waals surface area contributed by atoms with Crippen molar-refractivity contribution in [3.63, 3.8) is 0 Å². The Hall–Kier alpha value is -0.860. The molecular weight excluding hydrogens is 244 g/mol. The molecule has 1 aromatic carbocycles. The van der Waals surface area contributed by atoms with Crippen molar-refractivity contribution in [3.8, 4) is 0 Å². The molecule has 1 aliphatic rings. The Labute approximate surface area is 124 Å². The quantitative estimate of drug-likeness (QED) is 0.904. The van der Waals surface area contributed by atoms with E-state index in [-0.39, 0.29) is 0 Å². The molecule has 1 heterocycles. The highest BCUT2D eigenvalue weighted by atomic mass is 15.2. The average molecular weight is 274 g/mol. The molecule has 2 unspecified atom stereocenters. The van der Waals surface area contributed by atoms with Crippen LogP contribution in [0.1, 0.15) is 55.3 Å². The van der Waals surface area contributed by atoms with E-state index in [9.17, 15) is 0 Å². The second-order valence-electron chi connectivity index (χ2n) is 6.28. The van der Waals surface area contributed by atoms with E-state index in [1.807, 2.05) is 0 Å². The summed E-state index contributed by atoms with van der Waals surface area (Å²) in [5.74, 6) is 0.601. The Balaban J connectivity index is 2.43. The third-order valence-electron chi connectivity index (χ3n) is 4.76. The van der Waals surface area contributed by atoms with Gasteiger partial charge < -0.3 is 5.73 Å². The molecule has 112 valence electrons. The first-order chi connectivity index (χ1) is 9.69. The zero-order valence-electron chi connectivity index (χ0n) is 13.4. The van der Waals surface area contributed by atoms with E-state index in [1.54, 1.807) is 5.56 Å². The Morgan fingerprint density at radius 2 is 1.90 bits per heavy atom. The molecule has 2 heteroatoms. The summed E-state index contributed by atoms with van der Waals surface area (Å²) in [4.78, 5) is 2.69. The molecule has 2 nitrogen and oxygen atoms in total. The summed E-state index contributed by atoms with van der Waals surface area (Å²) < 4.78 is 0. The van der Waals surface area contributed by atoms with E-state index >= 15 is 0 Å². The van der Waals surface area contributed by atoms with E-state index in [0.717, 1.165) is 6.54 Å². The molecule has 0 amide bonds. The predicted octanol–water partition coefficient (Wildman–Crippen LogP) is 3.82. The number of likely N-dealkylation sites (tertiary alicyclic amines) is 1. The third-order valence-corrected chi connectivity index (χ3v) is 4.76. The van der Waals surface area contributed by atoms with Gasteiger partial charge in [-0.3, -0.25) is 4.90 Å². The standard InChI is InChI=1S/C18H30N2/c1-4-11-20-12-6-5-10-16(13-19)18(20)17-14(2)8-7-9-15(17)3/h7-9,16,18H,4-6,10-13,19H2,1-3H3. The molecule has 1 saturated heterocycles. The van der Waals surface area contributed by atoms with Crippen molar-refractivity contribution < 1.29 is 0 Å². The predicted molar refractivity (Wildman–Crippen MR) is 86.9 cm³/mol. The van der Waals surface area contributed by atoms with Crippen LogP contribution in [0.25, 0.3) is 0 Å². The van der Waals surface area contributed by atoms with Crippen LogP contribution in [0.5, 0.6) is 0 Å². The highest BCUT2D eigenvalue weighted by Crippen LogP contribution is 2.37. The van der Waals surface area contributed by atoms with Gasteiger partial charge in [-0.2, -0.15) is 0 Å². The first-order valence-corrected chi connectivity index (χ1v) is 8.19. The topological polar surface area (TPSA) is 29.3 Å². The van der Waals surface area contributed by atoms with Crippen LogP contribution in [0.4, 0.5) is 0 Å². The summed E-state index contributed by atoms with van der Waals surface area (Å²) in [7, 11) is 0. The van der Waals surface area contributed by atoms with Gasteiger partial charge in [0.05, 0.1) is 0 Å². The Kier molecular flexibility index (Phi) is 5.62. The summed E-state index contributed by atoms with van der Waals surface area (Å²) in [5, 5.41) is 0. The molecule has 1 aliphatic heterocycles. The molecule has 0 aromatic heterocycles. The number of hydrogen-bond acceptors (Lipinski definition) is 2. The average Bonchev–Trinajstić information content (AvgIpc) is 2.62. The van der Waals surface area contributed by atoms with Crippen LogP contribution in [-0.2, 0) is 0 Å². The van der Waals surface area contributed by atoms with E-state index < -0.39 is 0 Å². The van der Waals surface area contributed by atoms with Crippen molar-refractivity contribution in [3.05, 3.63) is 34.9 Å². The maximum Gasteiger partial charge on any atom is 0.0393 e. The van der Waals surface area contributed by atoms with Crippen LogP contribution in [-0.4, -0.2) is 24.5 Å². The van der Waals surface area contributed by atoms with Crippen LogP contribution in [0.3, 0.4) is 0 Å². The zero-order valence-corrected chi connectivity index (χ0v) is 13.4. The lowest BCUT2D eigenvalue weighted by molar-refractivity contribution is 0.157. The lowest BCUT2D eigenvalue weighted by Crippen LogP contribution is -2.37. The van der Waals surface area contributed by atoms with Crippen LogP contribution in [0.15, 0.2) is 18.2 Å². The summed E-state index contributed by atoms with van der Waals surface area (Å²) in [5.41, 5.74) is 10.5. The van der Waals surface area contributed by atoms with Crippen molar-refractivity contribution in [1.29, 1.82) is 0 Å². The molecule has 0 radical (unpaired) electrons. The van der Waals surface area contributed by atoms with Gasteiger partial charge in [-0.1, -0.05) is 31.5 Å². The molecule has 20 heavy (non-hydrogen) atoms. The van der Waals surface area contributed by atoms with Crippen molar-refractivity contribution in [2.75, 3.05) is 19.6 Å². The molecule has 2 N–H and O–H groups in total. The first-order valence-electron chi connectivity index (χ1n) is 8.19. The minimum Gasteiger partial charge on any atom is -0.330 e. The smallest absolute Gasteiger partial charge is 0.0393 e. The van der Waals surface area contributed by atoms with Gasteiger partial charge in [0, 0.05) is 6.04 Å². The zero-order chi connectivity index (χ0) is 14.5.